The van der Waals surface area contributed by atoms with Crippen LogP contribution in [0, 0.1) is 11.6 Å². The Hall–Kier alpha value is -3.09. The molecule has 3 aromatic rings. The second kappa shape index (κ2) is 5.60. The van der Waals surface area contributed by atoms with Gasteiger partial charge in [0.15, 0.2) is 11.6 Å². The lowest BCUT2D eigenvalue weighted by Gasteiger charge is -2.04. The summed E-state index contributed by atoms with van der Waals surface area (Å²) in [6, 6.07) is 7.47. The molecule has 0 unspecified atom stereocenters. The van der Waals surface area contributed by atoms with Crippen molar-refractivity contribution in [3.8, 4) is 0 Å². The number of hydrogen-bond donors (Lipinski definition) is 2. The summed E-state index contributed by atoms with van der Waals surface area (Å²) in [4.78, 5) is 29.7. The monoisotopic (exact) mass is 316 g/mol. The number of H-pyrrole nitrogens is 1. The van der Waals surface area contributed by atoms with E-state index < -0.39 is 23.2 Å². The van der Waals surface area contributed by atoms with E-state index in [1.54, 1.807) is 0 Å². The maximum absolute atomic E-state index is 13.2. The van der Waals surface area contributed by atoms with Crippen LogP contribution in [0.25, 0.3) is 11.0 Å². The molecule has 0 radical (unpaired) electrons. The highest BCUT2D eigenvalue weighted by Crippen LogP contribution is 2.14. The van der Waals surface area contributed by atoms with Gasteiger partial charge in [-0.2, -0.15) is 0 Å². The van der Waals surface area contributed by atoms with E-state index in [0.717, 1.165) is 12.1 Å². The number of aromatic nitrogens is 2. The smallest absolute Gasteiger partial charge is 0.335 e. The van der Waals surface area contributed by atoms with Gasteiger partial charge in [0.2, 0.25) is 0 Å². The molecule has 0 aliphatic rings. The molecular weight excluding hydrogens is 306 g/mol. The Morgan fingerprint density at radius 3 is 2.61 bits per heavy atom. The molecule has 0 atom stereocenters. The van der Waals surface area contributed by atoms with Crippen LogP contribution in [0.4, 0.5) is 8.78 Å². The van der Waals surface area contributed by atoms with E-state index in [4.69, 9.17) is 5.11 Å². The number of aromatic amines is 1. The van der Waals surface area contributed by atoms with Crippen LogP contribution in [0.2, 0.25) is 0 Å². The van der Waals surface area contributed by atoms with E-state index in [0.29, 0.717) is 16.6 Å². The van der Waals surface area contributed by atoms with Crippen molar-refractivity contribution < 1.29 is 18.7 Å². The zero-order valence-corrected chi connectivity index (χ0v) is 11.6. The normalized spacial score (nSPS) is 10.9. The molecule has 0 bridgehead atoms. The Bertz CT molecular complexity index is 983. The number of carboxylic acids is 1. The topological polar surface area (TPSA) is 83.0 Å². The van der Waals surface area contributed by atoms with Crippen molar-refractivity contribution in [3.05, 3.63) is 75.2 Å². The number of nitrogens with zero attached hydrogens (tertiary/aromatic N) is 1. The van der Waals surface area contributed by atoms with Crippen molar-refractivity contribution in [2.45, 2.75) is 6.42 Å². The van der Waals surface area contributed by atoms with Crippen LogP contribution < -0.4 is 5.56 Å². The SMILES string of the molecule is O=C(O)c1ccc2[nH]c(=O)c(Cc3ccc(F)c(F)c3)nc2c1. The molecule has 23 heavy (non-hydrogen) atoms. The lowest BCUT2D eigenvalue weighted by molar-refractivity contribution is 0.0697. The summed E-state index contributed by atoms with van der Waals surface area (Å²) in [5.74, 6) is -3.09. The Balaban J connectivity index is 2.05. The molecule has 1 heterocycles. The van der Waals surface area contributed by atoms with Crippen LogP contribution in [-0.4, -0.2) is 21.0 Å². The lowest BCUT2D eigenvalue weighted by Crippen LogP contribution is -2.16. The number of halogens is 2. The number of rotatable bonds is 3. The van der Waals surface area contributed by atoms with Crippen LogP contribution in [0.15, 0.2) is 41.2 Å². The fourth-order valence-corrected chi connectivity index (χ4v) is 2.22. The van der Waals surface area contributed by atoms with Gasteiger partial charge in [-0.1, -0.05) is 6.07 Å². The molecule has 5 nitrogen and oxygen atoms in total. The average Bonchev–Trinajstić information content (AvgIpc) is 2.51. The first kappa shape index (κ1) is 14.8. The molecule has 3 rings (SSSR count). The summed E-state index contributed by atoms with van der Waals surface area (Å²) < 4.78 is 26.2. The summed E-state index contributed by atoms with van der Waals surface area (Å²) in [6.45, 7) is 0. The quantitative estimate of drug-likeness (QED) is 0.777. The van der Waals surface area contributed by atoms with Gasteiger partial charge >= 0.3 is 5.97 Å². The minimum absolute atomic E-state index is 0.000226. The van der Waals surface area contributed by atoms with Crippen LogP contribution in [-0.2, 0) is 6.42 Å². The van der Waals surface area contributed by atoms with Crippen LogP contribution in [0.5, 0.6) is 0 Å². The highest BCUT2D eigenvalue weighted by Gasteiger charge is 2.10. The van der Waals surface area contributed by atoms with E-state index in [1.807, 2.05) is 0 Å². The highest BCUT2D eigenvalue weighted by molar-refractivity contribution is 5.92. The fourth-order valence-electron chi connectivity index (χ4n) is 2.22. The number of fused-ring (bicyclic) bond motifs is 1. The molecular formula is C16H10F2N2O3. The van der Waals surface area contributed by atoms with Gasteiger partial charge in [-0.15, -0.1) is 0 Å². The number of aromatic carboxylic acids is 1. The zero-order chi connectivity index (χ0) is 16.6. The lowest BCUT2D eigenvalue weighted by atomic mass is 10.1. The number of nitrogens with one attached hydrogen (secondary N) is 1. The average molecular weight is 316 g/mol. The van der Waals surface area contributed by atoms with E-state index >= 15 is 0 Å². The van der Waals surface area contributed by atoms with E-state index in [1.165, 1.54) is 24.3 Å². The molecule has 0 saturated carbocycles. The van der Waals surface area contributed by atoms with Crippen molar-refractivity contribution in [3.63, 3.8) is 0 Å². The Morgan fingerprint density at radius 2 is 1.91 bits per heavy atom. The minimum atomic E-state index is -1.11. The van der Waals surface area contributed by atoms with Gasteiger partial charge < -0.3 is 10.1 Å². The van der Waals surface area contributed by atoms with E-state index in [-0.39, 0.29) is 17.7 Å². The maximum Gasteiger partial charge on any atom is 0.335 e. The van der Waals surface area contributed by atoms with Crippen molar-refractivity contribution >= 4 is 17.0 Å². The first-order valence-electron chi connectivity index (χ1n) is 6.64. The van der Waals surface area contributed by atoms with Gasteiger partial charge in [-0.05, 0) is 35.9 Å². The molecule has 116 valence electrons. The molecule has 1 aromatic heterocycles. The molecule has 0 saturated heterocycles. The second-order valence-corrected chi connectivity index (χ2v) is 4.97. The van der Waals surface area contributed by atoms with Crippen LogP contribution >= 0.6 is 0 Å². The largest absolute Gasteiger partial charge is 0.478 e. The standard InChI is InChI=1S/C16H10F2N2O3/c17-10-3-1-8(5-11(10)18)6-14-15(21)20-12-4-2-9(16(22)23)7-13(12)19-14/h1-5,7H,6H2,(H,20,21)(H,22,23). The zero-order valence-electron chi connectivity index (χ0n) is 11.6. The van der Waals surface area contributed by atoms with Gasteiger partial charge in [0.25, 0.3) is 5.56 Å². The molecule has 0 aliphatic heterocycles. The molecule has 2 N–H and O–H groups in total. The van der Waals surface area contributed by atoms with Gasteiger partial charge in [0.05, 0.1) is 16.6 Å². The summed E-state index contributed by atoms with van der Waals surface area (Å²) in [5, 5.41) is 8.98. The summed E-state index contributed by atoms with van der Waals surface area (Å²) in [5.41, 5.74) is 0.749. The molecule has 7 heteroatoms. The van der Waals surface area contributed by atoms with Gasteiger partial charge in [0, 0.05) is 6.42 Å². The van der Waals surface area contributed by atoms with Gasteiger partial charge in [0.1, 0.15) is 5.69 Å². The van der Waals surface area contributed by atoms with Gasteiger partial charge in [-0.3, -0.25) is 4.79 Å². The summed E-state index contributed by atoms with van der Waals surface area (Å²) in [7, 11) is 0. The number of hydrogen-bond acceptors (Lipinski definition) is 3. The third-order valence-electron chi connectivity index (χ3n) is 3.37. The third-order valence-corrected chi connectivity index (χ3v) is 3.37. The Kier molecular flexibility index (Phi) is 3.61. The predicted molar refractivity (Wildman–Crippen MR) is 78.5 cm³/mol. The second-order valence-electron chi connectivity index (χ2n) is 4.97. The van der Waals surface area contributed by atoms with E-state index in [9.17, 15) is 18.4 Å². The van der Waals surface area contributed by atoms with Crippen LogP contribution in [0.1, 0.15) is 21.6 Å². The Morgan fingerprint density at radius 1 is 1.13 bits per heavy atom. The number of carbonyl (C=O) groups is 1. The molecule has 0 spiro atoms. The maximum atomic E-state index is 13.2. The molecule has 0 amide bonds. The van der Waals surface area contributed by atoms with Crippen LogP contribution in [0.3, 0.4) is 0 Å². The Labute approximate surface area is 128 Å². The van der Waals surface area contributed by atoms with Crippen molar-refractivity contribution in [1.29, 1.82) is 0 Å². The summed E-state index contributed by atoms with van der Waals surface area (Å²) >= 11 is 0. The van der Waals surface area contributed by atoms with E-state index in [2.05, 4.69) is 9.97 Å². The predicted octanol–water partition coefficient (Wildman–Crippen LogP) is 2.49. The third kappa shape index (κ3) is 2.94. The molecule has 0 aliphatic carbocycles. The molecule has 0 fully saturated rings. The first-order valence-corrected chi connectivity index (χ1v) is 6.64. The highest BCUT2D eigenvalue weighted by atomic mass is 19.2. The van der Waals surface area contributed by atoms with Crippen molar-refractivity contribution in [1.82, 2.24) is 9.97 Å². The molecule has 2 aromatic carbocycles. The number of carboxylic acid groups (broad SMARTS) is 1. The minimum Gasteiger partial charge on any atom is -0.478 e. The van der Waals surface area contributed by atoms with Crippen molar-refractivity contribution in [2.24, 2.45) is 0 Å². The summed E-state index contributed by atoms with van der Waals surface area (Å²) in [6.07, 6.45) is -0.000226. The first-order chi connectivity index (χ1) is 10.9. The van der Waals surface area contributed by atoms with Crippen molar-refractivity contribution in [2.75, 3.05) is 0 Å². The van der Waals surface area contributed by atoms with Gasteiger partial charge in [-0.25, -0.2) is 18.6 Å². The fraction of sp³-hybridized carbons (Fsp3) is 0.0625. The number of benzene rings is 2.